The van der Waals surface area contributed by atoms with Crippen LogP contribution in [-0.2, 0) is 0 Å². The van der Waals surface area contributed by atoms with Gasteiger partial charge in [0.1, 0.15) is 22.3 Å². The molecule has 0 fully saturated rings. The average molecular weight is 602 g/mol. The number of hydrogen-bond donors (Lipinski definition) is 0. The van der Waals surface area contributed by atoms with Gasteiger partial charge in [-0.2, -0.15) is 0 Å². The summed E-state index contributed by atoms with van der Waals surface area (Å²) in [6.07, 6.45) is 0. The Hall–Kier alpha value is -6.32. The lowest BCUT2D eigenvalue weighted by Gasteiger charge is -2.29. The minimum atomic E-state index is 0.859. The molecule has 0 aliphatic heterocycles. The smallest absolute Gasteiger partial charge is 0.143 e. The second-order valence-corrected chi connectivity index (χ2v) is 12.1. The average Bonchev–Trinajstić information content (AvgIpc) is 3.68. The largest absolute Gasteiger partial charge is 0.456 e. The molecule has 0 N–H and O–H groups in total. The van der Waals surface area contributed by atoms with E-state index in [1.165, 1.54) is 21.5 Å². The van der Waals surface area contributed by atoms with Gasteiger partial charge >= 0.3 is 0 Å². The highest BCUT2D eigenvalue weighted by molar-refractivity contribution is 6.14. The molecule has 0 bridgehead atoms. The molecule has 47 heavy (non-hydrogen) atoms. The first-order valence-corrected chi connectivity index (χ1v) is 15.9. The van der Waals surface area contributed by atoms with Gasteiger partial charge in [-0.15, -0.1) is 0 Å². The van der Waals surface area contributed by atoms with Crippen molar-refractivity contribution < 1.29 is 8.83 Å². The number of nitrogens with zero attached hydrogens (tertiary/aromatic N) is 1. The SMILES string of the molecule is c1ccc(N(c2ccc3c(c2)oc2ccccc23)c2cccc3ccccc23)c(-c2cccc3c2oc2cc4ccccc4cc23)c1. The Morgan fingerprint density at radius 2 is 0.957 bits per heavy atom. The van der Waals surface area contributed by atoms with Crippen molar-refractivity contribution in [2.45, 2.75) is 0 Å². The van der Waals surface area contributed by atoms with Crippen LogP contribution in [0.1, 0.15) is 0 Å². The second-order valence-electron chi connectivity index (χ2n) is 12.1. The van der Waals surface area contributed by atoms with E-state index < -0.39 is 0 Å². The Labute approximate surface area is 270 Å². The number of anilines is 3. The van der Waals surface area contributed by atoms with Gasteiger partial charge in [0, 0.05) is 49.8 Å². The third kappa shape index (κ3) is 4.00. The standard InChI is InChI=1S/C44H27NO2/c1-2-13-30-26-42-38(25-29(30)12-1)37-19-10-18-36(44(37)47-42)33-16-5-7-20-40(33)45(39-21-9-14-28-11-3-4-15-32(28)39)31-23-24-35-34-17-6-8-22-41(34)46-43(35)27-31/h1-27H. The van der Waals surface area contributed by atoms with Crippen LogP contribution in [0.25, 0.3) is 76.5 Å². The fourth-order valence-electron chi connectivity index (χ4n) is 7.26. The van der Waals surface area contributed by atoms with Crippen LogP contribution in [0.15, 0.2) is 173 Å². The highest BCUT2D eigenvalue weighted by atomic mass is 16.3. The quantitative estimate of drug-likeness (QED) is 0.201. The van der Waals surface area contributed by atoms with Crippen molar-refractivity contribution in [3.63, 3.8) is 0 Å². The maximum absolute atomic E-state index is 6.72. The van der Waals surface area contributed by atoms with Crippen LogP contribution in [0, 0.1) is 0 Å². The van der Waals surface area contributed by atoms with Crippen LogP contribution in [0.3, 0.4) is 0 Å². The van der Waals surface area contributed by atoms with Gasteiger partial charge in [0.15, 0.2) is 0 Å². The Kier molecular flexibility index (Phi) is 5.57. The number of hydrogen-bond acceptors (Lipinski definition) is 3. The third-order valence-electron chi connectivity index (χ3n) is 9.43. The first kappa shape index (κ1) is 26.0. The van der Waals surface area contributed by atoms with Crippen molar-refractivity contribution in [3.05, 3.63) is 164 Å². The van der Waals surface area contributed by atoms with Gasteiger partial charge in [-0.25, -0.2) is 0 Å². The van der Waals surface area contributed by atoms with Crippen molar-refractivity contribution in [1.29, 1.82) is 0 Å². The molecule has 0 amide bonds. The van der Waals surface area contributed by atoms with Crippen LogP contribution < -0.4 is 4.90 Å². The summed E-state index contributed by atoms with van der Waals surface area (Å²) in [4.78, 5) is 2.36. The zero-order chi connectivity index (χ0) is 30.9. The van der Waals surface area contributed by atoms with E-state index in [1.54, 1.807) is 0 Å². The van der Waals surface area contributed by atoms with Gasteiger partial charge in [-0.1, -0.05) is 115 Å². The maximum atomic E-state index is 6.72. The van der Waals surface area contributed by atoms with E-state index in [0.717, 1.165) is 72.1 Å². The summed E-state index contributed by atoms with van der Waals surface area (Å²) in [6, 6.07) is 57.8. The van der Waals surface area contributed by atoms with E-state index in [2.05, 4.69) is 157 Å². The van der Waals surface area contributed by atoms with Crippen LogP contribution >= 0.6 is 0 Å². The predicted octanol–water partition coefficient (Wildman–Crippen LogP) is 12.9. The number of benzene rings is 8. The number of para-hydroxylation sites is 3. The molecule has 3 heteroatoms. The molecule has 10 rings (SSSR count). The Morgan fingerprint density at radius 3 is 1.87 bits per heavy atom. The normalized spacial score (nSPS) is 11.8. The van der Waals surface area contributed by atoms with E-state index in [1.807, 2.05) is 12.1 Å². The van der Waals surface area contributed by atoms with Crippen LogP contribution in [0.4, 0.5) is 17.1 Å². The monoisotopic (exact) mass is 601 g/mol. The molecule has 0 radical (unpaired) electrons. The van der Waals surface area contributed by atoms with Gasteiger partial charge < -0.3 is 13.7 Å². The van der Waals surface area contributed by atoms with E-state index in [-0.39, 0.29) is 0 Å². The maximum Gasteiger partial charge on any atom is 0.143 e. The lowest BCUT2D eigenvalue weighted by Crippen LogP contribution is -2.11. The molecule has 3 nitrogen and oxygen atoms in total. The second kappa shape index (κ2) is 10.1. The minimum Gasteiger partial charge on any atom is -0.456 e. The van der Waals surface area contributed by atoms with Crippen molar-refractivity contribution in [3.8, 4) is 11.1 Å². The minimum absolute atomic E-state index is 0.859. The molecule has 220 valence electrons. The van der Waals surface area contributed by atoms with E-state index >= 15 is 0 Å². The topological polar surface area (TPSA) is 29.5 Å². The summed E-state index contributed by atoms with van der Waals surface area (Å²) in [5, 5.41) is 9.19. The van der Waals surface area contributed by atoms with Gasteiger partial charge in [0.2, 0.25) is 0 Å². The fraction of sp³-hybridized carbons (Fsp3) is 0. The van der Waals surface area contributed by atoms with Gasteiger partial charge in [0.05, 0.1) is 11.4 Å². The lowest BCUT2D eigenvalue weighted by molar-refractivity contribution is 0.669. The molecule has 2 aromatic heterocycles. The van der Waals surface area contributed by atoms with E-state index in [0.29, 0.717) is 0 Å². The third-order valence-corrected chi connectivity index (χ3v) is 9.43. The first-order chi connectivity index (χ1) is 23.3. The molecule has 0 atom stereocenters. The molecular formula is C44H27NO2. The number of furan rings is 2. The molecule has 0 saturated carbocycles. The molecular weight excluding hydrogens is 574 g/mol. The fourth-order valence-corrected chi connectivity index (χ4v) is 7.26. The van der Waals surface area contributed by atoms with Gasteiger partial charge in [-0.05, 0) is 58.6 Å². The Balaban J connectivity index is 1.25. The summed E-state index contributed by atoms with van der Waals surface area (Å²) in [5.41, 5.74) is 8.82. The summed E-state index contributed by atoms with van der Waals surface area (Å²) in [7, 11) is 0. The Bertz CT molecular complexity index is 2820. The van der Waals surface area contributed by atoms with Crippen molar-refractivity contribution in [1.82, 2.24) is 0 Å². The molecule has 10 aromatic rings. The summed E-state index contributed by atoms with van der Waals surface area (Å²) >= 11 is 0. The zero-order valence-electron chi connectivity index (χ0n) is 25.4. The van der Waals surface area contributed by atoms with Crippen LogP contribution in [0.5, 0.6) is 0 Å². The Morgan fingerprint density at radius 1 is 0.340 bits per heavy atom. The van der Waals surface area contributed by atoms with Crippen molar-refractivity contribution >= 4 is 82.5 Å². The lowest BCUT2D eigenvalue weighted by atomic mass is 9.98. The predicted molar refractivity (Wildman–Crippen MR) is 196 cm³/mol. The molecule has 0 spiro atoms. The molecule has 0 saturated heterocycles. The highest BCUT2D eigenvalue weighted by Gasteiger charge is 2.22. The van der Waals surface area contributed by atoms with Gasteiger partial charge in [-0.3, -0.25) is 0 Å². The van der Waals surface area contributed by atoms with Crippen LogP contribution in [-0.4, -0.2) is 0 Å². The molecule has 8 aromatic carbocycles. The number of fused-ring (bicyclic) bond motifs is 8. The summed E-state index contributed by atoms with van der Waals surface area (Å²) in [5.74, 6) is 0. The molecule has 0 unspecified atom stereocenters. The summed E-state index contributed by atoms with van der Waals surface area (Å²) < 4.78 is 13.1. The summed E-state index contributed by atoms with van der Waals surface area (Å²) in [6.45, 7) is 0. The van der Waals surface area contributed by atoms with Crippen molar-refractivity contribution in [2.24, 2.45) is 0 Å². The number of rotatable bonds is 4. The zero-order valence-corrected chi connectivity index (χ0v) is 25.4. The molecule has 0 aliphatic carbocycles. The molecule has 0 aliphatic rings. The highest BCUT2D eigenvalue weighted by Crippen LogP contribution is 2.47. The van der Waals surface area contributed by atoms with Gasteiger partial charge in [0.25, 0.3) is 0 Å². The first-order valence-electron chi connectivity index (χ1n) is 15.9. The molecule has 2 heterocycles. The van der Waals surface area contributed by atoms with E-state index in [4.69, 9.17) is 8.83 Å². The van der Waals surface area contributed by atoms with E-state index in [9.17, 15) is 0 Å². The van der Waals surface area contributed by atoms with Crippen LogP contribution in [0.2, 0.25) is 0 Å². The van der Waals surface area contributed by atoms with Crippen molar-refractivity contribution in [2.75, 3.05) is 4.90 Å².